The number of carbonyl (C=O) groups excluding carboxylic acids is 1. The van der Waals surface area contributed by atoms with Gasteiger partial charge in [0.25, 0.3) is 5.91 Å². The van der Waals surface area contributed by atoms with E-state index in [1.165, 1.54) is 11.3 Å². The zero-order valence-corrected chi connectivity index (χ0v) is 11.3. The van der Waals surface area contributed by atoms with E-state index < -0.39 is 0 Å². The first kappa shape index (κ1) is 14.2. The number of rotatable bonds is 7. The van der Waals surface area contributed by atoms with E-state index in [9.17, 15) is 4.79 Å². The minimum atomic E-state index is 0.0215. The third kappa shape index (κ3) is 4.13. The van der Waals surface area contributed by atoms with E-state index in [0.29, 0.717) is 12.5 Å². The highest BCUT2D eigenvalue weighted by Crippen LogP contribution is 2.17. The van der Waals surface area contributed by atoms with Crippen LogP contribution in [-0.2, 0) is 6.42 Å². The lowest BCUT2D eigenvalue weighted by molar-refractivity contribution is 0.0947. The van der Waals surface area contributed by atoms with Gasteiger partial charge in [0.2, 0.25) is 0 Å². The normalized spacial score (nSPS) is 12.4. The molecule has 0 bridgehead atoms. The van der Waals surface area contributed by atoms with E-state index in [1.54, 1.807) is 0 Å². The van der Waals surface area contributed by atoms with Gasteiger partial charge in [-0.1, -0.05) is 20.3 Å². The minimum absolute atomic E-state index is 0.0215. The topological polar surface area (TPSA) is 49.3 Å². The number of nitrogens with one attached hydrogen (secondary N) is 1. The van der Waals surface area contributed by atoms with E-state index in [0.717, 1.165) is 29.7 Å². The SMILES string of the molecule is CCc1ccsc1C(=O)NCC(CC)CCO. The van der Waals surface area contributed by atoms with Crippen LogP contribution >= 0.6 is 11.3 Å². The van der Waals surface area contributed by atoms with Crippen molar-refractivity contribution in [1.82, 2.24) is 5.32 Å². The van der Waals surface area contributed by atoms with Crippen molar-refractivity contribution in [2.24, 2.45) is 5.92 Å². The zero-order chi connectivity index (χ0) is 12.7. The molecular formula is C13H21NO2S. The molecule has 17 heavy (non-hydrogen) atoms. The summed E-state index contributed by atoms with van der Waals surface area (Å²) >= 11 is 1.49. The van der Waals surface area contributed by atoms with Gasteiger partial charge in [0.05, 0.1) is 4.88 Å². The smallest absolute Gasteiger partial charge is 0.261 e. The third-order valence-electron chi connectivity index (χ3n) is 3.00. The first-order valence-electron chi connectivity index (χ1n) is 6.18. The van der Waals surface area contributed by atoms with Crippen molar-refractivity contribution in [3.05, 3.63) is 21.9 Å². The number of hydrogen-bond donors (Lipinski definition) is 2. The van der Waals surface area contributed by atoms with Gasteiger partial charge in [-0.05, 0) is 35.8 Å². The zero-order valence-electron chi connectivity index (χ0n) is 10.5. The number of thiophene rings is 1. The molecule has 1 aromatic heterocycles. The molecule has 1 amide bonds. The van der Waals surface area contributed by atoms with Gasteiger partial charge in [-0.15, -0.1) is 11.3 Å². The molecule has 0 saturated heterocycles. The molecule has 0 spiro atoms. The second kappa shape index (κ2) is 7.45. The van der Waals surface area contributed by atoms with Gasteiger partial charge in [0, 0.05) is 13.2 Å². The van der Waals surface area contributed by atoms with Crippen molar-refractivity contribution in [2.75, 3.05) is 13.2 Å². The van der Waals surface area contributed by atoms with Crippen LogP contribution in [0.5, 0.6) is 0 Å². The van der Waals surface area contributed by atoms with Crippen LogP contribution in [0.4, 0.5) is 0 Å². The summed E-state index contributed by atoms with van der Waals surface area (Å²) in [5, 5.41) is 13.8. The summed E-state index contributed by atoms with van der Waals surface area (Å²) in [4.78, 5) is 12.8. The molecule has 0 aliphatic heterocycles. The lowest BCUT2D eigenvalue weighted by atomic mass is 10.0. The fourth-order valence-electron chi connectivity index (χ4n) is 1.76. The highest BCUT2D eigenvalue weighted by molar-refractivity contribution is 7.12. The Morgan fingerprint density at radius 2 is 2.29 bits per heavy atom. The first-order valence-corrected chi connectivity index (χ1v) is 7.06. The standard InChI is InChI=1S/C13H21NO2S/c1-3-10(5-7-15)9-14-13(16)12-11(4-2)6-8-17-12/h6,8,10,15H,3-5,7,9H2,1-2H3,(H,14,16). The van der Waals surface area contributed by atoms with Crippen molar-refractivity contribution in [2.45, 2.75) is 33.1 Å². The highest BCUT2D eigenvalue weighted by Gasteiger charge is 2.13. The summed E-state index contributed by atoms with van der Waals surface area (Å²) < 4.78 is 0. The van der Waals surface area contributed by atoms with Crippen molar-refractivity contribution in [3.8, 4) is 0 Å². The molecule has 1 atom stereocenters. The molecule has 0 aliphatic carbocycles. The molecule has 0 radical (unpaired) electrons. The molecule has 0 fully saturated rings. The number of hydrogen-bond acceptors (Lipinski definition) is 3. The van der Waals surface area contributed by atoms with Crippen molar-refractivity contribution >= 4 is 17.2 Å². The second-order valence-corrected chi connectivity index (χ2v) is 5.04. The fourth-order valence-corrected chi connectivity index (χ4v) is 2.68. The van der Waals surface area contributed by atoms with E-state index in [-0.39, 0.29) is 12.5 Å². The molecule has 1 rings (SSSR count). The van der Waals surface area contributed by atoms with E-state index in [1.807, 2.05) is 11.4 Å². The van der Waals surface area contributed by atoms with Crippen molar-refractivity contribution in [3.63, 3.8) is 0 Å². The van der Waals surface area contributed by atoms with Gasteiger partial charge in [-0.25, -0.2) is 0 Å². The Bertz CT molecular complexity index is 349. The van der Waals surface area contributed by atoms with E-state index in [4.69, 9.17) is 5.11 Å². The molecule has 96 valence electrons. The lowest BCUT2D eigenvalue weighted by Gasteiger charge is -2.14. The Kier molecular flexibility index (Phi) is 6.22. The molecular weight excluding hydrogens is 234 g/mol. The first-order chi connectivity index (χ1) is 8.22. The number of carbonyl (C=O) groups is 1. The summed E-state index contributed by atoms with van der Waals surface area (Å²) in [5.41, 5.74) is 1.11. The van der Waals surface area contributed by atoms with Gasteiger partial charge < -0.3 is 10.4 Å². The summed E-state index contributed by atoms with van der Waals surface area (Å²) in [5.74, 6) is 0.391. The maximum atomic E-state index is 11.9. The van der Waals surface area contributed by atoms with Crippen LogP contribution in [-0.4, -0.2) is 24.2 Å². The Balaban J connectivity index is 2.49. The predicted octanol–water partition coefficient (Wildman–Crippen LogP) is 2.45. The van der Waals surface area contributed by atoms with Crippen LogP contribution in [0.3, 0.4) is 0 Å². The lowest BCUT2D eigenvalue weighted by Crippen LogP contribution is -2.29. The largest absolute Gasteiger partial charge is 0.396 e. The number of aliphatic hydroxyl groups is 1. The monoisotopic (exact) mass is 255 g/mol. The van der Waals surface area contributed by atoms with Crippen LogP contribution in [0, 0.1) is 5.92 Å². The molecule has 4 heteroatoms. The Hall–Kier alpha value is -0.870. The van der Waals surface area contributed by atoms with Crippen LogP contribution in [0.2, 0.25) is 0 Å². The maximum absolute atomic E-state index is 11.9. The van der Waals surface area contributed by atoms with Gasteiger partial charge in [0.1, 0.15) is 0 Å². The molecule has 0 saturated carbocycles. The van der Waals surface area contributed by atoms with Gasteiger partial charge in [-0.2, -0.15) is 0 Å². The van der Waals surface area contributed by atoms with Crippen LogP contribution in [0.15, 0.2) is 11.4 Å². The van der Waals surface area contributed by atoms with E-state index in [2.05, 4.69) is 19.2 Å². The van der Waals surface area contributed by atoms with Gasteiger partial charge in [0.15, 0.2) is 0 Å². The predicted molar refractivity (Wildman–Crippen MR) is 71.5 cm³/mol. The fraction of sp³-hybridized carbons (Fsp3) is 0.615. The van der Waals surface area contributed by atoms with Crippen molar-refractivity contribution < 1.29 is 9.90 Å². The van der Waals surface area contributed by atoms with Crippen molar-refractivity contribution in [1.29, 1.82) is 0 Å². The molecule has 0 aliphatic rings. The quantitative estimate of drug-likeness (QED) is 0.786. The maximum Gasteiger partial charge on any atom is 0.261 e. The summed E-state index contributed by atoms with van der Waals surface area (Å²) in [7, 11) is 0. The Labute approximate surface area is 107 Å². The average molecular weight is 255 g/mol. The molecule has 2 N–H and O–H groups in total. The number of aliphatic hydroxyl groups excluding tert-OH is 1. The van der Waals surface area contributed by atoms with Crippen LogP contribution in [0.1, 0.15) is 41.9 Å². The second-order valence-electron chi connectivity index (χ2n) is 4.13. The highest BCUT2D eigenvalue weighted by atomic mass is 32.1. The summed E-state index contributed by atoms with van der Waals surface area (Å²) in [6.45, 7) is 4.97. The third-order valence-corrected chi connectivity index (χ3v) is 3.96. The van der Waals surface area contributed by atoms with Crippen LogP contribution < -0.4 is 5.32 Å². The molecule has 1 unspecified atom stereocenters. The van der Waals surface area contributed by atoms with E-state index >= 15 is 0 Å². The molecule has 0 aromatic carbocycles. The van der Waals surface area contributed by atoms with Gasteiger partial charge in [-0.3, -0.25) is 4.79 Å². The van der Waals surface area contributed by atoms with Gasteiger partial charge >= 0.3 is 0 Å². The Morgan fingerprint density at radius 3 is 2.88 bits per heavy atom. The summed E-state index contributed by atoms with van der Waals surface area (Å²) in [6.07, 6.45) is 2.62. The number of amides is 1. The molecule has 3 nitrogen and oxygen atoms in total. The average Bonchev–Trinajstić information content (AvgIpc) is 2.82. The summed E-state index contributed by atoms with van der Waals surface area (Å²) in [6, 6.07) is 2.00. The Morgan fingerprint density at radius 1 is 1.53 bits per heavy atom. The minimum Gasteiger partial charge on any atom is -0.396 e. The molecule has 1 heterocycles. The number of aryl methyl sites for hydroxylation is 1. The van der Waals surface area contributed by atoms with Crippen LogP contribution in [0.25, 0.3) is 0 Å². The molecule has 1 aromatic rings.